The number of aromatic nitrogens is 2. The van der Waals surface area contributed by atoms with Crippen LogP contribution in [0.5, 0.6) is 0 Å². The van der Waals surface area contributed by atoms with Crippen LogP contribution in [0.3, 0.4) is 0 Å². The SMILES string of the molecule is Cc1nnc(NC(=O)c2cccc(CN3CCCC3)c2)s1. The Balaban J connectivity index is 1.68. The molecule has 0 saturated carbocycles. The minimum Gasteiger partial charge on any atom is -0.299 e. The number of anilines is 1. The van der Waals surface area contributed by atoms with E-state index in [-0.39, 0.29) is 5.91 Å². The molecule has 1 aliphatic rings. The van der Waals surface area contributed by atoms with Gasteiger partial charge in [0, 0.05) is 12.1 Å². The van der Waals surface area contributed by atoms with Gasteiger partial charge in [0.1, 0.15) is 5.01 Å². The molecule has 1 saturated heterocycles. The third-order valence-electron chi connectivity index (χ3n) is 3.54. The van der Waals surface area contributed by atoms with Crippen LogP contribution >= 0.6 is 11.3 Å². The Labute approximate surface area is 128 Å². The number of nitrogens with one attached hydrogen (secondary N) is 1. The molecular formula is C15H18N4OS. The first kappa shape index (κ1) is 14.2. The third-order valence-corrected chi connectivity index (χ3v) is 4.29. The fraction of sp³-hybridized carbons (Fsp3) is 0.400. The first-order valence-corrected chi connectivity index (χ1v) is 7.95. The molecule has 0 aliphatic carbocycles. The summed E-state index contributed by atoms with van der Waals surface area (Å²) in [5.74, 6) is -0.130. The van der Waals surface area contributed by atoms with E-state index in [1.807, 2.05) is 25.1 Å². The second kappa shape index (κ2) is 6.32. The predicted octanol–water partition coefficient (Wildman–Crippen LogP) is 2.69. The molecule has 0 spiro atoms. The molecule has 1 amide bonds. The molecule has 0 bridgehead atoms. The molecule has 21 heavy (non-hydrogen) atoms. The van der Waals surface area contributed by atoms with Gasteiger partial charge < -0.3 is 0 Å². The molecule has 0 atom stereocenters. The van der Waals surface area contributed by atoms with Crippen molar-refractivity contribution in [2.24, 2.45) is 0 Å². The number of carbonyl (C=O) groups excluding carboxylic acids is 1. The number of benzene rings is 1. The second-order valence-corrected chi connectivity index (χ2v) is 6.45. The van der Waals surface area contributed by atoms with Gasteiger partial charge in [-0.1, -0.05) is 23.5 Å². The van der Waals surface area contributed by atoms with Gasteiger partial charge in [-0.15, -0.1) is 10.2 Å². The molecule has 5 nitrogen and oxygen atoms in total. The van der Waals surface area contributed by atoms with Crippen molar-refractivity contribution in [2.75, 3.05) is 18.4 Å². The van der Waals surface area contributed by atoms with Gasteiger partial charge in [-0.2, -0.15) is 0 Å². The number of hydrogen-bond donors (Lipinski definition) is 1. The average molecular weight is 302 g/mol. The maximum atomic E-state index is 12.2. The number of amides is 1. The average Bonchev–Trinajstić information content (AvgIpc) is 3.11. The standard InChI is InChI=1S/C15H18N4OS/c1-11-17-18-15(21-11)16-14(20)13-6-4-5-12(9-13)10-19-7-2-3-8-19/h4-6,9H,2-3,7-8,10H2,1H3,(H,16,18,20). The lowest BCUT2D eigenvalue weighted by atomic mass is 10.1. The Bertz CT molecular complexity index is 634. The van der Waals surface area contributed by atoms with Crippen LogP contribution in [0, 0.1) is 6.92 Å². The van der Waals surface area contributed by atoms with Crippen molar-refractivity contribution in [2.45, 2.75) is 26.3 Å². The topological polar surface area (TPSA) is 58.1 Å². The number of hydrogen-bond acceptors (Lipinski definition) is 5. The Morgan fingerprint density at radius 3 is 2.86 bits per heavy atom. The summed E-state index contributed by atoms with van der Waals surface area (Å²) >= 11 is 1.38. The van der Waals surface area contributed by atoms with Gasteiger partial charge in [-0.05, 0) is 50.6 Å². The summed E-state index contributed by atoms with van der Waals surface area (Å²) in [5.41, 5.74) is 1.84. The van der Waals surface area contributed by atoms with Crippen molar-refractivity contribution in [3.05, 3.63) is 40.4 Å². The van der Waals surface area contributed by atoms with E-state index < -0.39 is 0 Å². The Kier molecular flexibility index (Phi) is 4.26. The highest BCUT2D eigenvalue weighted by molar-refractivity contribution is 7.15. The van der Waals surface area contributed by atoms with Crippen molar-refractivity contribution in [3.8, 4) is 0 Å². The molecule has 0 radical (unpaired) electrons. The molecule has 110 valence electrons. The molecule has 2 aromatic rings. The maximum Gasteiger partial charge on any atom is 0.257 e. The Morgan fingerprint density at radius 2 is 2.14 bits per heavy atom. The third kappa shape index (κ3) is 3.65. The zero-order valence-electron chi connectivity index (χ0n) is 12.0. The van der Waals surface area contributed by atoms with Crippen LogP contribution in [0.25, 0.3) is 0 Å². The fourth-order valence-corrected chi connectivity index (χ4v) is 3.11. The fourth-order valence-electron chi connectivity index (χ4n) is 2.53. The first-order valence-electron chi connectivity index (χ1n) is 7.13. The normalized spacial score (nSPS) is 15.3. The van der Waals surface area contributed by atoms with Crippen molar-refractivity contribution < 1.29 is 4.79 Å². The number of rotatable bonds is 4. The van der Waals surface area contributed by atoms with Gasteiger partial charge in [0.15, 0.2) is 0 Å². The highest BCUT2D eigenvalue weighted by Gasteiger charge is 2.13. The lowest BCUT2D eigenvalue weighted by Gasteiger charge is -2.14. The van der Waals surface area contributed by atoms with Crippen LogP contribution in [-0.2, 0) is 6.54 Å². The summed E-state index contributed by atoms with van der Waals surface area (Å²) in [4.78, 5) is 14.6. The highest BCUT2D eigenvalue weighted by Crippen LogP contribution is 2.17. The molecule has 0 unspecified atom stereocenters. The summed E-state index contributed by atoms with van der Waals surface area (Å²) < 4.78 is 0. The van der Waals surface area contributed by atoms with Gasteiger partial charge in [0.2, 0.25) is 5.13 Å². The van der Waals surface area contributed by atoms with E-state index in [1.54, 1.807) is 0 Å². The molecule has 6 heteroatoms. The van der Waals surface area contributed by atoms with Crippen LogP contribution in [0.4, 0.5) is 5.13 Å². The van der Waals surface area contributed by atoms with E-state index in [4.69, 9.17) is 0 Å². The van der Waals surface area contributed by atoms with E-state index in [2.05, 4.69) is 26.5 Å². The van der Waals surface area contributed by atoms with Gasteiger partial charge >= 0.3 is 0 Å². The van der Waals surface area contributed by atoms with Crippen molar-refractivity contribution in [3.63, 3.8) is 0 Å². The zero-order valence-corrected chi connectivity index (χ0v) is 12.8. The van der Waals surface area contributed by atoms with E-state index in [1.165, 1.54) is 29.7 Å². The molecule has 2 heterocycles. The van der Waals surface area contributed by atoms with E-state index in [0.29, 0.717) is 10.7 Å². The van der Waals surface area contributed by atoms with Gasteiger partial charge in [-0.25, -0.2) is 0 Å². The molecule has 1 aromatic heterocycles. The van der Waals surface area contributed by atoms with Crippen LogP contribution in [0.2, 0.25) is 0 Å². The van der Waals surface area contributed by atoms with Crippen LogP contribution in [0.15, 0.2) is 24.3 Å². The number of aryl methyl sites for hydroxylation is 1. The van der Waals surface area contributed by atoms with Crippen LogP contribution in [0.1, 0.15) is 33.8 Å². The minimum absolute atomic E-state index is 0.130. The van der Waals surface area contributed by atoms with Gasteiger partial charge in [-0.3, -0.25) is 15.0 Å². The number of carbonyl (C=O) groups is 1. The summed E-state index contributed by atoms with van der Waals surface area (Å²) in [5, 5.41) is 12.0. The molecular weight excluding hydrogens is 284 g/mol. The lowest BCUT2D eigenvalue weighted by Crippen LogP contribution is -2.19. The summed E-state index contributed by atoms with van der Waals surface area (Å²) in [7, 11) is 0. The predicted molar refractivity (Wildman–Crippen MR) is 83.6 cm³/mol. The second-order valence-electron chi connectivity index (χ2n) is 5.26. The Hall–Kier alpha value is -1.79. The van der Waals surface area contributed by atoms with Gasteiger partial charge in [0.05, 0.1) is 0 Å². The molecule has 3 rings (SSSR count). The first-order chi connectivity index (χ1) is 10.2. The van der Waals surface area contributed by atoms with Crippen LogP contribution < -0.4 is 5.32 Å². The highest BCUT2D eigenvalue weighted by atomic mass is 32.1. The van der Waals surface area contributed by atoms with E-state index >= 15 is 0 Å². The summed E-state index contributed by atoms with van der Waals surface area (Å²) in [6.07, 6.45) is 2.55. The largest absolute Gasteiger partial charge is 0.299 e. The molecule has 1 aliphatic heterocycles. The molecule has 1 aromatic carbocycles. The molecule has 1 N–H and O–H groups in total. The number of likely N-dealkylation sites (tertiary alicyclic amines) is 1. The van der Waals surface area contributed by atoms with E-state index in [0.717, 1.165) is 24.6 Å². The quantitative estimate of drug-likeness (QED) is 0.943. The smallest absolute Gasteiger partial charge is 0.257 e. The number of nitrogens with zero attached hydrogens (tertiary/aromatic N) is 3. The maximum absolute atomic E-state index is 12.2. The monoisotopic (exact) mass is 302 g/mol. The molecule has 1 fully saturated rings. The van der Waals surface area contributed by atoms with Crippen molar-refractivity contribution >= 4 is 22.4 Å². The summed E-state index contributed by atoms with van der Waals surface area (Å²) in [6.45, 7) is 5.09. The lowest BCUT2D eigenvalue weighted by molar-refractivity contribution is 0.102. The Morgan fingerprint density at radius 1 is 1.33 bits per heavy atom. The van der Waals surface area contributed by atoms with Crippen LogP contribution in [-0.4, -0.2) is 34.1 Å². The van der Waals surface area contributed by atoms with Crippen molar-refractivity contribution in [1.29, 1.82) is 0 Å². The zero-order chi connectivity index (χ0) is 14.7. The van der Waals surface area contributed by atoms with Gasteiger partial charge in [0.25, 0.3) is 5.91 Å². The van der Waals surface area contributed by atoms with Crippen molar-refractivity contribution in [1.82, 2.24) is 15.1 Å². The summed E-state index contributed by atoms with van der Waals surface area (Å²) in [6, 6.07) is 7.80. The minimum atomic E-state index is -0.130. The van der Waals surface area contributed by atoms with E-state index in [9.17, 15) is 4.79 Å².